The van der Waals surface area contributed by atoms with Crippen LogP contribution in [0.2, 0.25) is 0 Å². The van der Waals surface area contributed by atoms with E-state index in [1.165, 1.54) is 11.8 Å². The lowest BCUT2D eigenvalue weighted by Gasteiger charge is -2.03. The molecule has 0 radical (unpaired) electrons. The molecule has 1 aliphatic heterocycles. The normalized spacial score (nSPS) is 23.8. The molecule has 0 aromatic heterocycles. The van der Waals surface area contributed by atoms with Gasteiger partial charge in [0.05, 0.1) is 11.8 Å². The monoisotopic (exact) mass is 206 g/mol. The first-order valence-electron chi connectivity index (χ1n) is 3.87. The Bertz CT molecular complexity index is 306. The van der Waals surface area contributed by atoms with Crippen molar-refractivity contribution >= 4 is 27.0 Å². The minimum Gasteiger partial charge on any atom is -0.262 e. The quantitative estimate of drug-likeness (QED) is 0.700. The van der Waals surface area contributed by atoms with Gasteiger partial charge in [0.1, 0.15) is 0 Å². The Morgan fingerprint density at radius 2 is 2.25 bits per heavy atom. The lowest BCUT2D eigenvalue weighted by atomic mass is 10.8. The van der Waals surface area contributed by atoms with Crippen molar-refractivity contribution in [1.29, 1.82) is 0 Å². The molecule has 0 aromatic rings. The second-order valence-electron chi connectivity index (χ2n) is 2.88. The smallest absolute Gasteiger partial charge is 0.237 e. The van der Waals surface area contributed by atoms with Crippen LogP contribution >= 0.6 is 11.8 Å². The van der Waals surface area contributed by atoms with E-state index in [-0.39, 0.29) is 5.25 Å². The van der Waals surface area contributed by atoms with Crippen LogP contribution in [0.1, 0.15) is 12.8 Å². The minimum absolute atomic E-state index is 0.151. The maximum absolute atomic E-state index is 11.3. The Kier molecular flexibility index (Phi) is 2.04. The molecule has 1 fully saturated rings. The van der Waals surface area contributed by atoms with E-state index in [2.05, 4.69) is 9.71 Å². The molecule has 12 heavy (non-hydrogen) atoms. The average molecular weight is 206 g/mol. The number of nitrogens with zero attached hydrogens (tertiary/aromatic N) is 1. The molecule has 0 saturated heterocycles. The predicted molar refractivity (Wildman–Crippen MR) is 49.8 cm³/mol. The van der Waals surface area contributed by atoms with Crippen molar-refractivity contribution in [3.63, 3.8) is 0 Å². The van der Waals surface area contributed by atoms with E-state index in [4.69, 9.17) is 0 Å². The number of thioether (sulfide) groups is 1. The summed E-state index contributed by atoms with van der Waals surface area (Å²) in [6, 6.07) is 0. The third-order valence-corrected chi connectivity index (χ3v) is 4.63. The molecule has 1 saturated carbocycles. The van der Waals surface area contributed by atoms with Gasteiger partial charge in [-0.15, -0.1) is 0 Å². The van der Waals surface area contributed by atoms with Crippen molar-refractivity contribution < 1.29 is 8.42 Å². The summed E-state index contributed by atoms with van der Waals surface area (Å²) in [5.41, 5.74) is 0. The molecule has 1 heterocycles. The summed E-state index contributed by atoms with van der Waals surface area (Å²) < 4.78 is 25.2. The summed E-state index contributed by atoms with van der Waals surface area (Å²) in [5, 5.41) is 0.420. The standard InChI is InChI=1S/C6H10N2O2S2/c9-12(10,5-1-2-5)8-6-7-3-4-11-6/h5H,1-4H2,(H,7,8). The zero-order valence-corrected chi connectivity index (χ0v) is 8.12. The van der Waals surface area contributed by atoms with Crippen LogP contribution in [0.5, 0.6) is 0 Å². The van der Waals surface area contributed by atoms with Gasteiger partial charge in [0.15, 0.2) is 5.17 Å². The Morgan fingerprint density at radius 1 is 1.50 bits per heavy atom. The summed E-state index contributed by atoms with van der Waals surface area (Å²) in [5.74, 6) is 0.891. The maximum atomic E-state index is 11.3. The Labute approximate surface area is 75.9 Å². The molecule has 4 nitrogen and oxygen atoms in total. The molecule has 0 amide bonds. The van der Waals surface area contributed by atoms with Crippen LogP contribution < -0.4 is 4.72 Å². The lowest BCUT2D eigenvalue weighted by molar-refractivity contribution is 0.591. The van der Waals surface area contributed by atoms with Crippen LogP contribution in [0.15, 0.2) is 4.99 Å². The summed E-state index contributed by atoms with van der Waals surface area (Å²) in [6.45, 7) is 0.729. The molecule has 68 valence electrons. The number of hydrogen-bond donors (Lipinski definition) is 1. The van der Waals surface area contributed by atoms with E-state index >= 15 is 0 Å². The van der Waals surface area contributed by atoms with Crippen LogP contribution in [-0.2, 0) is 10.0 Å². The van der Waals surface area contributed by atoms with Gasteiger partial charge < -0.3 is 0 Å². The molecular weight excluding hydrogens is 196 g/mol. The number of nitrogens with one attached hydrogen (secondary N) is 1. The zero-order valence-electron chi connectivity index (χ0n) is 6.49. The number of sulfonamides is 1. The Morgan fingerprint density at radius 3 is 2.75 bits per heavy atom. The van der Waals surface area contributed by atoms with Crippen molar-refractivity contribution in [3.8, 4) is 0 Å². The second kappa shape index (κ2) is 2.92. The van der Waals surface area contributed by atoms with Gasteiger partial charge in [-0.05, 0) is 12.8 Å². The Balaban J connectivity index is 2.01. The van der Waals surface area contributed by atoms with E-state index in [0.29, 0.717) is 5.17 Å². The number of hydrogen-bond acceptors (Lipinski definition) is 4. The van der Waals surface area contributed by atoms with E-state index in [1.807, 2.05) is 0 Å². The highest BCUT2D eigenvalue weighted by Gasteiger charge is 2.36. The molecule has 0 bridgehead atoms. The highest BCUT2D eigenvalue weighted by molar-refractivity contribution is 8.15. The van der Waals surface area contributed by atoms with Gasteiger partial charge in [0.2, 0.25) is 10.0 Å². The number of amidine groups is 1. The fourth-order valence-electron chi connectivity index (χ4n) is 0.980. The van der Waals surface area contributed by atoms with Crippen LogP contribution in [0.25, 0.3) is 0 Å². The second-order valence-corrected chi connectivity index (χ2v) is 5.93. The highest BCUT2D eigenvalue weighted by atomic mass is 32.2. The summed E-state index contributed by atoms with van der Waals surface area (Å²) in [4.78, 5) is 4.02. The first-order valence-corrected chi connectivity index (χ1v) is 6.40. The lowest BCUT2D eigenvalue weighted by Crippen LogP contribution is -2.30. The van der Waals surface area contributed by atoms with Crippen LogP contribution in [0, 0.1) is 0 Å². The van der Waals surface area contributed by atoms with Gasteiger partial charge in [0, 0.05) is 5.75 Å². The molecule has 0 spiro atoms. The molecule has 2 rings (SSSR count). The van der Waals surface area contributed by atoms with Crippen molar-refractivity contribution in [2.75, 3.05) is 12.3 Å². The molecule has 1 aliphatic carbocycles. The van der Waals surface area contributed by atoms with Crippen molar-refractivity contribution in [2.24, 2.45) is 4.99 Å². The highest BCUT2D eigenvalue weighted by Crippen LogP contribution is 2.28. The molecule has 0 aromatic carbocycles. The first kappa shape index (κ1) is 8.37. The summed E-state index contributed by atoms with van der Waals surface area (Å²) >= 11 is 1.47. The maximum Gasteiger partial charge on any atom is 0.237 e. The topological polar surface area (TPSA) is 58.5 Å². The fraction of sp³-hybridized carbons (Fsp3) is 0.833. The van der Waals surface area contributed by atoms with E-state index < -0.39 is 10.0 Å². The van der Waals surface area contributed by atoms with Crippen molar-refractivity contribution in [3.05, 3.63) is 0 Å². The molecule has 0 atom stereocenters. The molecule has 6 heteroatoms. The van der Waals surface area contributed by atoms with E-state index in [0.717, 1.165) is 25.1 Å². The molecule has 1 N–H and O–H groups in total. The van der Waals surface area contributed by atoms with Crippen LogP contribution in [0.4, 0.5) is 0 Å². The SMILES string of the molecule is O=S(=O)(NC1=NCCS1)C1CC1. The zero-order chi connectivity index (χ0) is 8.60. The van der Waals surface area contributed by atoms with E-state index in [9.17, 15) is 8.42 Å². The van der Waals surface area contributed by atoms with Crippen LogP contribution in [0.3, 0.4) is 0 Å². The van der Waals surface area contributed by atoms with Crippen molar-refractivity contribution in [1.82, 2.24) is 4.72 Å². The third-order valence-electron chi connectivity index (χ3n) is 1.78. The fourth-order valence-corrected chi connectivity index (χ4v) is 3.35. The average Bonchev–Trinajstić information content (AvgIpc) is 2.74. The van der Waals surface area contributed by atoms with Crippen LogP contribution in [-0.4, -0.2) is 31.1 Å². The van der Waals surface area contributed by atoms with Gasteiger partial charge in [-0.25, -0.2) is 8.42 Å². The summed E-state index contributed by atoms with van der Waals surface area (Å²) in [7, 11) is -3.07. The van der Waals surface area contributed by atoms with Gasteiger partial charge in [-0.1, -0.05) is 11.8 Å². The largest absolute Gasteiger partial charge is 0.262 e. The number of aliphatic imine (C=N–C) groups is 1. The number of rotatable bonds is 2. The van der Waals surface area contributed by atoms with Gasteiger partial charge in [-0.2, -0.15) is 0 Å². The van der Waals surface area contributed by atoms with E-state index in [1.54, 1.807) is 0 Å². The van der Waals surface area contributed by atoms with Gasteiger partial charge in [-0.3, -0.25) is 9.71 Å². The summed E-state index contributed by atoms with van der Waals surface area (Å²) in [6.07, 6.45) is 1.60. The third kappa shape index (κ3) is 1.74. The minimum atomic E-state index is -3.07. The molecular formula is C6H10N2O2S2. The Hall–Kier alpha value is -0.230. The predicted octanol–water partition coefficient (Wildman–Crippen LogP) is 0.171. The molecule has 0 unspecified atom stereocenters. The molecule has 2 aliphatic rings. The van der Waals surface area contributed by atoms with Gasteiger partial charge in [0.25, 0.3) is 0 Å². The van der Waals surface area contributed by atoms with Crippen molar-refractivity contribution in [2.45, 2.75) is 18.1 Å². The van der Waals surface area contributed by atoms with Gasteiger partial charge >= 0.3 is 0 Å². The first-order chi connectivity index (χ1) is 5.68.